The third kappa shape index (κ3) is 3.52. The minimum Gasteiger partial charge on any atom is -0.478 e. The van der Waals surface area contributed by atoms with Crippen LogP contribution in [0.15, 0.2) is 17.6 Å². The smallest absolute Gasteiger partial charge is 0.339 e. The quantitative estimate of drug-likeness (QED) is 0.934. The molecule has 0 aliphatic heterocycles. The molecule has 0 saturated carbocycles. The average molecular weight is 299 g/mol. The van der Waals surface area contributed by atoms with Gasteiger partial charge in [-0.3, -0.25) is 0 Å². The summed E-state index contributed by atoms with van der Waals surface area (Å²) in [4.78, 5) is 20.4. The lowest BCUT2D eigenvalue weighted by Gasteiger charge is -2.08. The van der Waals surface area contributed by atoms with Crippen LogP contribution in [0.25, 0.3) is 12.2 Å². The van der Waals surface area contributed by atoms with Gasteiger partial charge in [0, 0.05) is 16.5 Å². The van der Waals surface area contributed by atoms with Gasteiger partial charge in [-0.25, -0.2) is 14.8 Å². The van der Waals surface area contributed by atoms with Crippen LogP contribution in [0.2, 0.25) is 0 Å². The molecule has 6 heteroatoms. The van der Waals surface area contributed by atoms with Gasteiger partial charge in [0.1, 0.15) is 6.07 Å². The summed E-state index contributed by atoms with van der Waals surface area (Å²) in [5.41, 5.74) is 1.26. The summed E-state index contributed by atoms with van der Waals surface area (Å²) < 4.78 is 0. The highest BCUT2D eigenvalue weighted by atomic mass is 32.1. The molecule has 0 amide bonds. The van der Waals surface area contributed by atoms with Gasteiger partial charge in [0.25, 0.3) is 0 Å². The Balaban J connectivity index is 2.30. The lowest BCUT2D eigenvalue weighted by atomic mass is 10.1. The normalized spacial score (nSPS) is 11.0. The van der Waals surface area contributed by atoms with Crippen LogP contribution in [-0.2, 0) is 0 Å². The maximum atomic E-state index is 11.1. The molecule has 0 fully saturated rings. The SMILES string of the molecule is CC(C)c1nc(C=Cc2cc(C#N)cs2)ncc1C(=O)O. The van der Waals surface area contributed by atoms with Gasteiger partial charge in [0.15, 0.2) is 5.82 Å². The predicted molar refractivity (Wildman–Crippen MR) is 81.0 cm³/mol. The first-order valence-electron chi connectivity index (χ1n) is 6.28. The Hall–Kier alpha value is -2.52. The van der Waals surface area contributed by atoms with Crippen LogP contribution in [0.3, 0.4) is 0 Å². The lowest BCUT2D eigenvalue weighted by molar-refractivity contribution is 0.0694. The van der Waals surface area contributed by atoms with Crippen molar-refractivity contribution in [3.63, 3.8) is 0 Å². The van der Waals surface area contributed by atoms with Crippen molar-refractivity contribution in [2.75, 3.05) is 0 Å². The van der Waals surface area contributed by atoms with E-state index in [1.54, 1.807) is 17.5 Å². The van der Waals surface area contributed by atoms with Crippen molar-refractivity contribution in [2.45, 2.75) is 19.8 Å². The number of aromatic carboxylic acids is 1. The summed E-state index contributed by atoms with van der Waals surface area (Å²) in [5.74, 6) is -0.570. The fraction of sp³-hybridized carbons (Fsp3) is 0.200. The number of hydrogen-bond acceptors (Lipinski definition) is 5. The molecule has 2 rings (SSSR count). The van der Waals surface area contributed by atoms with E-state index in [9.17, 15) is 4.79 Å². The van der Waals surface area contributed by atoms with Gasteiger partial charge in [-0.2, -0.15) is 5.26 Å². The van der Waals surface area contributed by atoms with Gasteiger partial charge in [-0.15, -0.1) is 11.3 Å². The number of carboxylic acid groups (broad SMARTS) is 1. The topological polar surface area (TPSA) is 86.9 Å². The number of rotatable bonds is 4. The third-order valence-electron chi connectivity index (χ3n) is 2.76. The van der Waals surface area contributed by atoms with E-state index in [1.165, 1.54) is 17.5 Å². The van der Waals surface area contributed by atoms with Crippen LogP contribution >= 0.6 is 11.3 Å². The molecule has 0 aromatic carbocycles. The summed E-state index contributed by atoms with van der Waals surface area (Å²) in [5, 5.41) is 19.7. The summed E-state index contributed by atoms with van der Waals surface area (Å²) in [6.07, 6.45) is 4.86. The van der Waals surface area contributed by atoms with Gasteiger partial charge in [-0.1, -0.05) is 13.8 Å². The van der Waals surface area contributed by atoms with Gasteiger partial charge < -0.3 is 5.11 Å². The van der Waals surface area contributed by atoms with Crippen molar-refractivity contribution in [2.24, 2.45) is 0 Å². The second-order valence-corrected chi connectivity index (χ2v) is 5.61. The Labute approximate surface area is 126 Å². The van der Waals surface area contributed by atoms with Crippen molar-refractivity contribution < 1.29 is 9.90 Å². The molecule has 106 valence electrons. The molecule has 0 atom stereocenters. The average Bonchev–Trinajstić information content (AvgIpc) is 2.92. The molecule has 2 aromatic heterocycles. The number of aromatic nitrogens is 2. The molecule has 0 radical (unpaired) electrons. The van der Waals surface area contributed by atoms with E-state index in [2.05, 4.69) is 16.0 Å². The summed E-state index contributed by atoms with van der Waals surface area (Å²) >= 11 is 1.45. The minimum atomic E-state index is -1.02. The molecular formula is C15H13N3O2S. The molecule has 2 heterocycles. The Morgan fingerprint density at radius 1 is 1.48 bits per heavy atom. The van der Waals surface area contributed by atoms with Gasteiger partial charge >= 0.3 is 5.97 Å². The molecular weight excluding hydrogens is 286 g/mol. The zero-order valence-corrected chi connectivity index (χ0v) is 12.4. The van der Waals surface area contributed by atoms with Crippen LogP contribution in [0.1, 0.15) is 52.1 Å². The Kier molecular flexibility index (Phi) is 4.45. The number of nitriles is 1. The molecule has 1 N–H and O–H groups in total. The summed E-state index contributed by atoms with van der Waals surface area (Å²) in [6, 6.07) is 3.84. The van der Waals surface area contributed by atoms with E-state index in [1.807, 2.05) is 19.9 Å². The fourth-order valence-corrected chi connectivity index (χ4v) is 2.48. The molecule has 0 spiro atoms. The molecule has 0 aliphatic rings. The highest BCUT2D eigenvalue weighted by Crippen LogP contribution is 2.19. The van der Waals surface area contributed by atoms with Crippen LogP contribution < -0.4 is 0 Å². The number of nitrogens with zero attached hydrogens (tertiary/aromatic N) is 3. The zero-order chi connectivity index (χ0) is 15.4. The summed E-state index contributed by atoms with van der Waals surface area (Å²) in [6.45, 7) is 3.78. The maximum absolute atomic E-state index is 11.1. The first-order chi connectivity index (χ1) is 10.0. The fourth-order valence-electron chi connectivity index (χ4n) is 1.75. The molecule has 5 nitrogen and oxygen atoms in total. The van der Waals surface area contributed by atoms with Crippen LogP contribution in [0, 0.1) is 11.3 Å². The van der Waals surface area contributed by atoms with Crippen molar-refractivity contribution >= 4 is 29.5 Å². The van der Waals surface area contributed by atoms with Crippen molar-refractivity contribution in [3.05, 3.63) is 45.2 Å². The largest absolute Gasteiger partial charge is 0.478 e. The van der Waals surface area contributed by atoms with E-state index >= 15 is 0 Å². The van der Waals surface area contributed by atoms with E-state index in [4.69, 9.17) is 10.4 Å². The van der Waals surface area contributed by atoms with Crippen molar-refractivity contribution in [1.82, 2.24) is 9.97 Å². The van der Waals surface area contributed by atoms with Gasteiger partial charge in [0.2, 0.25) is 0 Å². The van der Waals surface area contributed by atoms with E-state index in [-0.39, 0.29) is 11.5 Å². The molecule has 0 aliphatic carbocycles. The molecule has 21 heavy (non-hydrogen) atoms. The Bertz CT molecular complexity index is 742. The standard InChI is InChI=1S/C15H13N3O2S/c1-9(2)14-12(15(19)20)7-17-13(18-14)4-3-11-5-10(6-16)8-21-11/h3-5,7-9H,1-2H3,(H,19,20). The first kappa shape index (κ1) is 14.9. The minimum absolute atomic E-state index is 0.00169. The monoisotopic (exact) mass is 299 g/mol. The molecule has 0 bridgehead atoms. The van der Waals surface area contributed by atoms with Crippen LogP contribution in [0.4, 0.5) is 0 Å². The zero-order valence-electron chi connectivity index (χ0n) is 11.6. The van der Waals surface area contributed by atoms with Crippen molar-refractivity contribution in [1.29, 1.82) is 5.26 Å². The number of thiophene rings is 1. The predicted octanol–water partition coefficient (Wildman–Crippen LogP) is 3.40. The Morgan fingerprint density at radius 2 is 2.24 bits per heavy atom. The molecule has 0 saturated heterocycles. The second-order valence-electron chi connectivity index (χ2n) is 4.67. The van der Waals surface area contributed by atoms with Crippen molar-refractivity contribution in [3.8, 4) is 6.07 Å². The lowest BCUT2D eigenvalue weighted by Crippen LogP contribution is -2.08. The van der Waals surface area contributed by atoms with Gasteiger partial charge in [-0.05, 0) is 24.1 Å². The third-order valence-corrected chi connectivity index (χ3v) is 3.66. The first-order valence-corrected chi connectivity index (χ1v) is 7.16. The summed E-state index contributed by atoms with van der Waals surface area (Å²) in [7, 11) is 0. The Morgan fingerprint density at radius 3 is 2.81 bits per heavy atom. The highest BCUT2D eigenvalue weighted by Gasteiger charge is 2.15. The number of carbonyl (C=O) groups is 1. The van der Waals surface area contributed by atoms with Crippen LogP contribution in [-0.4, -0.2) is 21.0 Å². The maximum Gasteiger partial charge on any atom is 0.339 e. The van der Waals surface area contributed by atoms with Gasteiger partial charge in [0.05, 0.1) is 16.8 Å². The molecule has 0 unspecified atom stereocenters. The second kappa shape index (κ2) is 6.29. The van der Waals surface area contributed by atoms with E-state index in [0.29, 0.717) is 17.1 Å². The van der Waals surface area contributed by atoms with E-state index < -0.39 is 5.97 Å². The number of carboxylic acids is 1. The van der Waals surface area contributed by atoms with E-state index in [0.717, 1.165) is 4.88 Å². The number of hydrogen-bond donors (Lipinski definition) is 1. The molecule has 2 aromatic rings. The highest BCUT2D eigenvalue weighted by molar-refractivity contribution is 7.11. The van der Waals surface area contributed by atoms with Crippen LogP contribution in [0.5, 0.6) is 0 Å².